The van der Waals surface area contributed by atoms with E-state index in [1.165, 1.54) is 6.26 Å². The monoisotopic (exact) mass is 481 g/mol. The highest BCUT2D eigenvalue weighted by atomic mass is 35.5. The van der Waals surface area contributed by atoms with Crippen LogP contribution in [0.15, 0.2) is 72.9 Å². The van der Waals surface area contributed by atoms with Crippen LogP contribution >= 0.6 is 11.6 Å². The number of halogens is 5. The molecule has 2 aliphatic carbocycles. The van der Waals surface area contributed by atoms with Gasteiger partial charge in [0.15, 0.2) is 6.26 Å². The van der Waals surface area contributed by atoms with Gasteiger partial charge in [0.1, 0.15) is 18.1 Å². The number of allylic oxidation sites excluding steroid dienone is 4. The highest BCUT2D eigenvalue weighted by Gasteiger charge is 2.61. The summed E-state index contributed by atoms with van der Waals surface area (Å²) < 4.78 is 68.3. The Hall–Kier alpha value is -2.89. The molecule has 0 saturated heterocycles. The topological polar surface area (TPSA) is 41.9 Å². The maximum absolute atomic E-state index is 14.9. The maximum Gasteiger partial charge on any atom is 0.353 e. The lowest BCUT2D eigenvalue weighted by atomic mass is 9.80. The van der Waals surface area contributed by atoms with Crippen LogP contribution in [-0.2, 0) is 9.47 Å². The van der Waals surface area contributed by atoms with Gasteiger partial charge in [-0.1, -0.05) is 35.6 Å². The Morgan fingerprint density at radius 3 is 2.73 bits per heavy atom. The van der Waals surface area contributed by atoms with Crippen molar-refractivity contribution in [1.82, 2.24) is 4.90 Å². The SMILES string of the molecule is O[C@@]1(C#Cc2cccc(Cl)c2)CCC[C@H](N(C2=COC=CO2)C2=CC=CC(F)(F)C2(F)F)C1. The van der Waals surface area contributed by atoms with E-state index in [4.69, 9.17) is 21.1 Å². The van der Waals surface area contributed by atoms with Gasteiger partial charge in [-0.3, -0.25) is 0 Å². The van der Waals surface area contributed by atoms with Gasteiger partial charge in [0.2, 0.25) is 5.88 Å². The molecule has 1 heterocycles. The lowest BCUT2D eigenvalue weighted by molar-refractivity contribution is -0.171. The summed E-state index contributed by atoms with van der Waals surface area (Å²) in [5.41, 5.74) is -1.89. The van der Waals surface area contributed by atoms with E-state index in [0.29, 0.717) is 29.8 Å². The Kier molecular flexibility index (Phi) is 6.21. The van der Waals surface area contributed by atoms with Crippen molar-refractivity contribution in [3.63, 3.8) is 0 Å². The third kappa shape index (κ3) is 4.75. The van der Waals surface area contributed by atoms with Crippen LogP contribution in [0.2, 0.25) is 5.02 Å². The average Bonchev–Trinajstić information content (AvgIpc) is 2.77. The van der Waals surface area contributed by atoms with Gasteiger partial charge >= 0.3 is 11.8 Å². The summed E-state index contributed by atoms with van der Waals surface area (Å²) in [7, 11) is 0. The second-order valence-electron chi connectivity index (χ2n) is 8.00. The third-order valence-corrected chi connectivity index (χ3v) is 5.85. The second kappa shape index (κ2) is 8.81. The molecule has 3 aliphatic rings. The van der Waals surface area contributed by atoms with Gasteiger partial charge in [-0.25, -0.2) is 0 Å². The predicted octanol–water partition coefficient (Wildman–Crippen LogP) is 5.71. The van der Waals surface area contributed by atoms with E-state index >= 15 is 0 Å². The Morgan fingerprint density at radius 1 is 1.18 bits per heavy atom. The molecule has 0 radical (unpaired) electrons. The summed E-state index contributed by atoms with van der Waals surface area (Å²) in [6.07, 6.45) is 6.31. The van der Waals surface area contributed by atoms with E-state index in [1.807, 2.05) is 0 Å². The number of hydrogen-bond acceptors (Lipinski definition) is 4. The fourth-order valence-electron chi connectivity index (χ4n) is 4.05. The Bertz CT molecular complexity index is 1100. The lowest BCUT2D eigenvalue weighted by Crippen LogP contribution is -2.52. The van der Waals surface area contributed by atoms with Gasteiger partial charge < -0.3 is 19.5 Å². The molecular formula is C24H20ClF4NO3. The zero-order valence-corrected chi connectivity index (χ0v) is 18.0. The Balaban J connectivity index is 1.67. The van der Waals surface area contributed by atoms with Crippen molar-refractivity contribution in [3.05, 3.63) is 83.4 Å². The first-order valence-corrected chi connectivity index (χ1v) is 10.6. The molecule has 1 aromatic carbocycles. The smallest absolute Gasteiger partial charge is 0.353 e. The molecule has 1 N–H and O–H groups in total. The molecule has 0 aromatic heterocycles. The molecular weight excluding hydrogens is 462 g/mol. The molecule has 0 bridgehead atoms. The molecule has 0 amide bonds. The second-order valence-corrected chi connectivity index (χ2v) is 8.44. The van der Waals surface area contributed by atoms with Gasteiger partial charge in [-0.05, 0) is 49.6 Å². The van der Waals surface area contributed by atoms with Crippen LogP contribution in [0.3, 0.4) is 0 Å². The maximum atomic E-state index is 14.9. The minimum Gasteiger partial charge on any atom is -0.464 e. The van der Waals surface area contributed by atoms with Crippen LogP contribution in [-0.4, -0.2) is 33.5 Å². The van der Waals surface area contributed by atoms with Crippen molar-refractivity contribution < 1.29 is 32.1 Å². The zero-order valence-electron chi connectivity index (χ0n) is 17.3. The van der Waals surface area contributed by atoms with E-state index in [1.54, 1.807) is 24.3 Å². The predicted molar refractivity (Wildman–Crippen MR) is 114 cm³/mol. The Labute approximate surface area is 193 Å². The van der Waals surface area contributed by atoms with E-state index in [0.717, 1.165) is 29.6 Å². The molecule has 0 spiro atoms. The van der Waals surface area contributed by atoms with Gasteiger partial charge in [0, 0.05) is 23.0 Å². The molecule has 9 heteroatoms. The van der Waals surface area contributed by atoms with Gasteiger partial charge in [-0.2, -0.15) is 17.6 Å². The van der Waals surface area contributed by atoms with Gasteiger partial charge in [0.25, 0.3) is 0 Å². The van der Waals surface area contributed by atoms with E-state index in [9.17, 15) is 22.7 Å². The van der Waals surface area contributed by atoms with Crippen LogP contribution in [0.1, 0.15) is 31.2 Å². The van der Waals surface area contributed by atoms with Crippen molar-refractivity contribution in [3.8, 4) is 11.8 Å². The first kappa shape index (κ1) is 23.3. The molecule has 2 atom stereocenters. The summed E-state index contributed by atoms with van der Waals surface area (Å²) in [6.45, 7) is 0. The van der Waals surface area contributed by atoms with Crippen LogP contribution < -0.4 is 0 Å². The normalized spacial score (nSPS) is 27.3. The lowest BCUT2D eigenvalue weighted by Gasteiger charge is -2.44. The molecule has 33 heavy (non-hydrogen) atoms. The summed E-state index contributed by atoms with van der Waals surface area (Å²) in [4.78, 5) is 0.978. The first-order chi connectivity index (χ1) is 15.6. The molecule has 1 aromatic rings. The molecule has 1 saturated carbocycles. The third-order valence-electron chi connectivity index (χ3n) is 5.62. The van der Waals surface area contributed by atoms with Gasteiger partial charge in [-0.15, -0.1) is 0 Å². The Morgan fingerprint density at radius 2 is 2.00 bits per heavy atom. The molecule has 0 unspecified atom stereocenters. The van der Waals surface area contributed by atoms with Crippen molar-refractivity contribution in [2.45, 2.75) is 49.2 Å². The van der Waals surface area contributed by atoms with Crippen molar-refractivity contribution in [2.24, 2.45) is 0 Å². The number of ether oxygens (including phenoxy) is 2. The zero-order chi connectivity index (χ0) is 23.7. The highest BCUT2D eigenvalue weighted by Crippen LogP contribution is 2.48. The fraction of sp³-hybridized carbons (Fsp3) is 0.333. The van der Waals surface area contributed by atoms with Crippen LogP contribution in [0.25, 0.3) is 0 Å². The number of hydrogen-bond donors (Lipinski definition) is 1. The summed E-state index contributed by atoms with van der Waals surface area (Å²) in [6, 6.07) is 5.95. The van der Waals surface area contributed by atoms with Crippen molar-refractivity contribution in [1.29, 1.82) is 0 Å². The quantitative estimate of drug-likeness (QED) is 0.443. The summed E-state index contributed by atoms with van der Waals surface area (Å²) >= 11 is 5.97. The number of benzene rings is 1. The molecule has 174 valence electrons. The van der Waals surface area contributed by atoms with Crippen LogP contribution in [0.4, 0.5) is 17.6 Å². The largest absolute Gasteiger partial charge is 0.464 e. The number of alkyl halides is 4. The number of rotatable bonds is 3. The number of nitrogens with zero attached hydrogens (tertiary/aromatic N) is 1. The van der Waals surface area contributed by atoms with E-state index in [-0.39, 0.29) is 18.4 Å². The fourth-order valence-corrected chi connectivity index (χ4v) is 4.24. The van der Waals surface area contributed by atoms with Gasteiger partial charge in [0.05, 0.1) is 5.70 Å². The molecule has 4 rings (SSSR count). The highest BCUT2D eigenvalue weighted by molar-refractivity contribution is 6.30. The summed E-state index contributed by atoms with van der Waals surface area (Å²) in [5, 5.41) is 11.6. The average molecular weight is 482 g/mol. The molecule has 1 fully saturated rings. The van der Waals surface area contributed by atoms with Crippen LogP contribution in [0, 0.1) is 11.8 Å². The van der Waals surface area contributed by atoms with Crippen LogP contribution in [0.5, 0.6) is 0 Å². The van der Waals surface area contributed by atoms with E-state index < -0.39 is 29.2 Å². The molecule has 1 aliphatic heterocycles. The van der Waals surface area contributed by atoms with Crippen molar-refractivity contribution in [2.75, 3.05) is 0 Å². The standard InChI is InChI=1S/C24H20ClF4NO3/c25-18-5-1-4-17(14-18)8-11-22(31)9-2-6-19(15-22)30(21-16-32-12-13-33-21)20-7-3-10-23(26,27)24(20,28)29/h1,3-5,7,10,12-14,16,19,31H,2,6,9,15H2/t19-,22+/m0/s1. The number of aliphatic hydroxyl groups is 1. The first-order valence-electron chi connectivity index (χ1n) is 10.2. The molecule has 4 nitrogen and oxygen atoms in total. The minimum absolute atomic E-state index is 0.0757. The summed E-state index contributed by atoms with van der Waals surface area (Å²) in [5.74, 6) is -3.40. The van der Waals surface area contributed by atoms with E-state index in [2.05, 4.69) is 11.8 Å². The minimum atomic E-state index is -4.50. The van der Waals surface area contributed by atoms with Crippen molar-refractivity contribution >= 4 is 11.6 Å².